The summed E-state index contributed by atoms with van der Waals surface area (Å²) in [6.07, 6.45) is 1.60. The molecule has 1 heterocycles. The maximum Gasteiger partial charge on any atom is 0.240 e. The molecule has 0 fully saturated rings. The van der Waals surface area contributed by atoms with E-state index in [0.29, 0.717) is 5.02 Å². The Labute approximate surface area is 127 Å². The van der Waals surface area contributed by atoms with Gasteiger partial charge in [-0.25, -0.2) is 18.1 Å². The number of nitrogens with zero attached hydrogens (tertiary/aromatic N) is 1. The van der Waals surface area contributed by atoms with Crippen LogP contribution < -0.4 is 4.72 Å². The van der Waals surface area contributed by atoms with Crippen LogP contribution in [-0.2, 0) is 16.6 Å². The van der Waals surface area contributed by atoms with Gasteiger partial charge in [-0.3, -0.25) is 0 Å². The van der Waals surface area contributed by atoms with Crippen LogP contribution in [0.2, 0.25) is 5.02 Å². The lowest BCUT2D eigenvalue weighted by Gasteiger charge is -2.07. The lowest BCUT2D eigenvalue weighted by molar-refractivity contribution is 0.581. The number of nitrogens with one attached hydrogen (secondary N) is 2. The highest BCUT2D eigenvalue weighted by atomic mass is 35.5. The molecule has 2 N–H and O–H groups in total. The number of halogens is 1. The molecule has 0 amide bonds. The minimum absolute atomic E-state index is 0.151. The van der Waals surface area contributed by atoms with Crippen molar-refractivity contribution in [2.24, 2.45) is 0 Å². The zero-order valence-electron chi connectivity index (χ0n) is 10.9. The van der Waals surface area contributed by atoms with Crippen molar-refractivity contribution in [2.45, 2.75) is 11.4 Å². The zero-order chi connectivity index (χ0) is 14.9. The number of rotatable bonds is 4. The normalized spacial score (nSPS) is 11.9. The molecule has 0 unspecified atom stereocenters. The third-order valence-corrected chi connectivity index (χ3v) is 4.69. The Morgan fingerprint density at radius 2 is 2.05 bits per heavy atom. The van der Waals surface area contributed by atoms with Gasteiger partial charge in [0.25, 0.3) is 0 Å². The summed E-state index contributed by atoms with van der Waals surface area (Å²) in [5.41, 5.74) is 2.56. The van der Waals surface area contributed by atoms with Crippen LogP contribution in [0.3, 0.4) is 0 Å². The van der Waals surface area contributed by atoms with E-state index >= 15 is 0 Å². The number of hydrogen-bond acceptors (Lipinski definition) is 3. The van der Waals surface area contributed by atoms with Gasteiger partial charge in [-0.1, -0.05) is 23.7 Å². The standard InChI is InChI=1S/C14H12ClN3O2S/c15-11-2-1-3-12(7-11)21(19,20)18-8-10-4-5-13-14(6-10)17-9-16-13/h1-7,9,18H,8H2,(H,16,17). The molecule has 0 saturated heterocycles. The van der Waals surface area contributed by atoms with Crippen LogP contribution in [0.5, 0.6) is 0 Å². The minimum Gasteiger partial charge on any atom is -0.345 e. The van der Waals surface area contributed by atoms with Crippen molar-refractivity contribution >= 4 is 32.7 Å². The van der Waals surface area contributed by atoms with Gasteiger partial charge in [0.1, 0.15) is 0 Å². The summed E-state index contributed by atoms with van der Waals surface area (Å²) < 4.78 is 26.9. The van der Waals surface area contributed by atoms with Crippen molar-refractivity contribution in [1.29, 1.82) is 0 Å². The fourth-order valence-corrected chi connectivity index (χ4v) is 3.31. The number of H-pyrrole nitrogens is 1. The molecule has 3 aromatic rings. The van der Waals surface area contributed by atoms with Gasteiger partial charge in [0, 0.05) is 11.6 Å². The molecule has 108 valence electrons. The van der Waals surface area contributed by atoms with Gasteiger partial charge in [0.2, 0.25) is 10.0 Å². The molecule has 0 aliphatic carbocycles. The van der Waals surface area contributed by atoms with Gasteiger partial charge in [-0.2, -0.15) is 0 Å². The molecule has 0 spiro atoms. The maximum atomic E-state index is 12.2. The first-order chi connectivity index (χ1) is 10.0. The Hall–Kier alpha value is -1.89. The highest BCUT2D eigenvalue weighted by Gasteiger charge is 2.14. The van der Waals surface area contributed by atoms with Crippen molar-refractivity contribution < 1.29 is 8.42 Å². The quantitative estimate of drug-likeness (QED) is 0.775. The van der Waals surface area contributed by atoms with E-state index in [-0.39, 0.29) is 11.4 Å². The summed E-state index contributed by atoms with van der Waals surface area (Å²) in [6.45, 7) is 0.198. The van der Waals surface area contributed by atoms with Crippen LogP contribution in [-0.4, -0.2) is 18.4 Å². The third-order valence-electron chi connectivity index (χ3n) is 3.06. The highest BCUT2D eigenvalue weighted by molar-refractivity contribution is 7.89. The Balaban J connectivity index is 1.79. The largest absolute Gasteiger partial charge is 0.345 e. The van der Waals surface area contributed by atoms with E-state index in [1.54, 1.807) is 18.5 Å². The molecule has 3 rings (SSSR count). The SMILES string of the molecule is O=S(=O)(NCc1ccc2nc[nH]c2c1)c1cccc(Cl)c1. The van der Waals surface area contributed by atoms with Gasteiger partial charge < -0.3 is 4.98 Å². The molecule has 0 aliphatic heterocycles. The van der Waals surface area contributed by atoms with Gasteiger partial charge >= 0.3 is 0 Å². The molecule has 21 heavy (non-hydrogen) atoms. The van der Waals surface area contributed by atoms with Crippen molar-refractivity contribution in [3.63, 3.8) is 0 Å². The minimum atomic E-state index is -3.58. The second-order valence-corrected chi connectivity index (χ2v) is 6.74. The predicted octanol–water partition coefficient (Wildman–Crippen LogP) is 2.69. The van der Waals surface area contributed by atoms with Crippen LogP contribution in [0, 0.1) is 0 Å². The summed E-state index contributed by atoms with van der Waals surface area (Å²) in [6, 6.07) is 11.7. The average Bonchev–Trinajstić information content (AvgIpc) is 2.93. The summed E-state index contributed by atoms with van der Waals surface area (Å²) in [5, 5.41) is 0.386. The Bertz CT molecular complexity index is 890. The molecule has 2 aromatic carbocycles. The van der Waals surface area contributed by atoms with Gasteiger partial charge in [-0.05, 0) is 35.9 Å². The highest BCUT2D eigenvalue weighted by Crippen LogP contribution is 2.16. The van der Waals surface area contributed by atoms with Gasteiger partial charge in [0.15, 0.2) is 0 Å². The smallest absolute Gasteiger partial charge is 0.240 e. The van der Waals surface area contributed by atoms with Gasteiger partial charge in [0.05, 0.1) is 22.3 Å². The Morgan fingerprint density at radius 1 is 1.19 bits per heavy atom. The predicted molar refractivity (Wildman–Crippen MR) is 81.6 cm³/mol. The topological polar surface area (TPSA) is 74.8 Å². The third kappa shape index (κ3) is 3.07. The fourth-order valence-electron chi connectivity index (χ4n) is 1.99. The molecular weight excluding hydrogens is 310 g/mol. The van der Waals surface area contributed by atoms with Gasteiger partial charge in [-0.15, -0.1) is 0 Å². The number of benzene rings is 2. The van der Waals surface area contributed by atoms with Crippen LogP contribution in [0.4, 0.5) is 0 Å². The van der Waals surface area contributed by atoms with E-state index < -0.39 is 10.0 Å². The van der Waals surface area contributed by atoms with E-state index in [2.05, 4.69) is 14.7 Å². The first-order valence-corrected chi connectivity index (χ1v) is 8.08. The molecule has 1 aromatic heterocycles. The molecular formula is C14H12ClN3O2S. The monoisotopic (exact) mass is 321 g/mol. The van der Waals surface area contributed by atoms with E-state index in [1.807, 2.05) is 18.2 Å². The van der Waals surface area contributed by atoms with E-state index in [4.69, 9.17) is 11.6 Å². The second-order valence-electron chi connectivity index (χ2n) is 4.54. The average molecular weight is 322 g/mol. The lowest BCUT2D eigenvalue weighted by atomic mass is 10.2. The second kappa shape index (κ2) is 5.48. The summed E-state index contributed by atoms with van der Waals surface area (Å²) in [4.78, 5) is 7.26. The Morgan fingerprint density at radius 3 is 2.86 bits per heavy atom. The first-order valence-electron chi connectivity index (χ1n) is 6.22. The van der Waals surface area contributed by atoms with Crippen molar-refractivity contribution in [2.75, 3.05) is 0 Å². The molecule has 5 nitrogen and oxygen atoms in total. The number of sulfonamides is 1. The molecule has 7 heteroatoms. The number of imidazole rings is 1. The van der Waals surface area contributed by atoms with E-state index in [9.17, 15) is 8.42 Å². The number of aromatic amines is 1. The fraction of sp³-hybridized carbons (Fsp3) is 0.0714. The number of fused-ring (bicyclic) bond motifs is 1. The van der Waals surface area contributed by atoms with Crippen LogP contribution in [0.25, 0.3) is 11.0 Å². The Kier molecular flexibility index (Phi) is 3.67. The molecule has 0 saturated carbocycles. The van der Waals surface area contributed by atoms with Crippen molar-refractivity contribution in [1.82, 2.24) is 14.7 Å². The molecule has 0 atom stereocenters. The van der Waals surface area contributed by atoms with Crippen LogP contribution in [0.1, 0.15) is 5.56 Å². The summed E-state index contributed by atoms with van der Waals surface area (Å²) in [5.74, 6) is 0. The molecule has 0 radical (unpaired) electrons. The first kappa shape index (κ1) is 14.1. The lowest BCUT2D eigenvalue weighted by Crippen LogP contribution is -2.23. The summed E-state index contributed by atoms with van der Waals surface area (Å²) >= 11 is 5.82. The number of hydrogen-bond donors (Lipinski definition) is 2. The van der Waals surface area contributed by atoms with E-state index in [0.717, 1.165) is 16.6 Å². The number of aromatic nitrogens is 2. The van der Waals surface area contributed by atoms with E-state index in [1.165, 1.54) is 12.1 Å². The van der Waals surface area contributed by atoms with Crippen molar-refractivity contribution in [3.05, 3.63) is 59.4 Å². The van der Waals surface area contributed by atoms with Crippen LogP contribution in [0.15, 0.2) is 53.7 Å². The maximum absolute atomic E-state index is 12.2. The van der Waals surface area contributed by atoms with Crippen molar-refractivity contribution in [3.8, 4) is 0 Å². The zero-order valence-corrected chi connectivity index (χ0v) is 12.4. The summed E-state index contributed by atoms with van der Waals surface area (Å²) in [7, 11) is -3.58. The van der Waals surface area contributed by atoms with Crippen LogP contribution >= 0.6 is 11.6 Å². The molecule has 0 aliphatic rings. The molecule has 0 bridgehead atoms.